The molecule has 112 valence electrons. The Labute approximate surface area is 126 Å². The van der Waals surface area contributed by atoms with E-state index in [0.717, 1.165) is 36.6 Å². The molecule has 3 nitrogen and oxygen atoms in total. The fourth-order valence-electron chi connectivity index (χ4n) is 4.40. The van der Waals surface area contributed by atoms with Crippen molar-refractivity contribution in [2.75, 3.05) is 13.1 Å². The third-order valence-corrected chi connectivity index (χ3v) is 6.13. The molecule has 1 aromatic carbocycles. The quantitative estimate of drug-likeness (QED) is 0.908. The zero-order valence-corrected chi connectivity index (χ0v) is 12.8. The zero-order chi connectivity index (χ0) is 14.8. The number of hydrogen-bond donors (Lipinski definition) is 1. The van der Waals surface area contributed by atoms with Gasteiger partial charge in [-0.2, -0.15) is 0 Å². The number of carbonyl (C=O) groups is 1. The molecule has 1 saturated carbocycles. The molecular formula is C18H23NO2. The highest BCUT2D eigenvalue weighted by Gasteiger charge is 2.52. The van der Waals surface area contributed by atoms with Crippen molar-refractivity contribution < 1.29 is 9.90 Å². The normalized spacial score (nSPS) is 35.6. The summed E-state index contributed by atoms with van der Waals surface area (Å²) >= 11 is 0. The van der Waals surface area contributed by atoms with Crippen LogP contribution >= 0.6 is 0 Å². The minimum Gasteiger partial charge on any atom is -0.508 e. The van der Waals surface area contributed by atoms with E-state index in [4.69, 9.17) is 0 Å². The number of rotatable bonds is 2. The van der Waals surface area contributed by atoms with Crippen LogP contribution < -0.4 is 0 Å². The van der Waals surface area contributed by atoms with Gasteiger partial charge >= 0.3 is 0 Å². The summed E-state index contributed by atoms with van der Waals surface area (Å²) < 4.78 is 0. The van der Waals surface area contributed by atoms with E-state index < -0.39 is 0 Å². The average molecular weight is 285 g/mol. The first-order chi connectivity index (χ1) is 10.0. The third kappa shape index (κ3) is 1.87. The number of carbonyl (C=O) groups excluding carboxylic acids is 1. The topological polar surface area (TPSA) is 40.5 Å². The number of Topliss-reactive ketones (excluding diaryl/α,β-unsaturated/α-hetero) is 1. The minimum atomic E-state index is 0.00665. The Balaban J connectivity index is 1.79. The van der Waals surface area contributed by atoms with Gasteiger partial charge in [0.25, 0.3) is 0 Å². The first kappa shape index (κ1) is 13.3. The van der Waals surface area contributed by atoms with E-state index in [1.165, 1.54) is 12.8 Å². The molecule has 1 heterocycles. The van der Waals surface area contributed by atoms with E-state index in [1.807, 2.05) is 12.1 Å². The smallest absolute Gasteiger partial charge is 0.180 e. The van der Waals surface area contributed by atoms with E-state index in [2.05, 4.69) is 18.7 Å². The predicted molar refractivity (Wildman–Crippen MR) is 81.7 cm³/mol. The van der Waals surface area contributed by atoms with E-state index in [9.17, 15) is 9.90 Å². The molecule has 0 aromatic heterocycles. The lowest BCUT2D eigenvalue weighted by molar-refractivity contribution is 0.0265. The SMILES string of the molecule is C[C@H]1C2C(=O)c3ccc(O)cc3[C@@]1(C)CCN2CC1CC1. The lowest BCUT2D eigenvalue weighted by atomic mass is 9.58. The summed E-state index contributed by atoms with van der Waals surface area (Å²) in [5.41, 5.74) is 1.90. The second kappa shape index (κ2) is 4.33. The van der Waals surface area contributed by atoms with Crippen LogP contribution in [0.5, 0.6) is 5.75 Å². The van der Waals surface area contributed by atoms with E-state index >= 15 is 0 Å². The fraction of sp³-hybridized carbons (Fsp3) is 0.611. The fourth-order valence-corrected chi connectivity index (χ4v) is 4.40. The van der Waals surface area contributed by atoms with Gasteiger partial charge in [-0.05, 0) is 66.8 Å². The number of phenols is 1. The van der Waals surface area contributed by atoms with Crippen molar-refractivity contribution in [3.8, 4) is 5.75 Å². The van der Waals surface area contributed by atoms with Crippen LogP contribution in [0.3, 0.4) is 0 Å². The molecule has 0 amide bonds. The maximum Gasteiger partial charge on any atom is 0.180 e. The molecule has 1 unspecified atom stereocenters. The molecule has 1 saturated heterocycles. The molecule has 0 radical (unpaired) electrons. The second-order valence-electron chi connectivity index (χ2n) is 7.43. The Bertz CT molecular complexity index is 607. The highest BCUT2D eigenvalue weighted by atomic mass is 16.3. The molecule has 3 aliphatic rings. The second-order valence-corrected chi connectivity index (χ2v) is 7.43. The molecule has 21 heavy (non-hydrogen) atoms. The molecule has 4 rings (SSSR count). The summed E-state index contributed by atoms with van der Waals surface area (Å²) in [5.74, 6) is 1.66. The van der Waals surface area contributed by atoms with Crippen LogP contribution in [0.25, 0.3) is 0 Å². The number of nitrogens with zero attached hydrogens (tertiary/aromatic N) is 1. The molecule has 2 bridgehead atoms. The lowest BCUT2D eigenvalue weighted by Gasteiger charge is -2.53. The largest absolute Gasteiger partial charge is 0.508 e. The summed E-state index contributed by atoms with van der Waals surface area (Å²) in [7, 11) is 0. The number of hydrogen-bond acceptors (Lipinski definition) is 3. The summed E-state index contributed by atoms with van der Waals surface area (Å²) in [6, 6.07) is 5.32. The van der Waals surface area contributed by atoms with Crippen LogP contribution in [0, 0.1) is 11.8 Å². The Kier molecular flexibility index (Phi) is 2.74. The maximum absolute atomic E-state index is 13.0. The van der Waals surface area contributed by atoms with Gasteiger partial charge in [0, 0.05) is 12.1 Å². The van der Waals surface area contributed by atoms with Crippen molar-refractivity contribution >= 4 is 5.78 Å². The Morgan fingerprint density at radius 2 is 2.14 bits per heavy atom. The van der Waals surface area contributed by atoms with Gasteiger partial charge in [-0.25, -0.2) is 0 Å². The number of piperidine rings is 1. The van der Waals surface area contributed by atoms with Gasteiger partial charge in [-0.3, -0.25) is 9.69 Å². The first-order valence-corrected chi connectivity index (χ1v) is 8.12. The van der Waals surface area contributed by atoms with Crippen LogP contribution in [-0.2, 0) is 5.41 Å². The molecule has 2 aliphatic carbocycles. The summed E-state index contributed by atoms with van der Waals surface area (Å²) in [6.07, 6.45) is 3.72. The van der Waals surface area contributed by atoms with Crippen molar-refractivity contribution in [1.29, 1.82) is 0 Å². The molecular weight excluding hydrogens is 262 g/mol. The van der Waals surface area contributed by atoms with Crippen molar-refractivity contribution in [2.24, 2.45) is 11.8 Å². The van der Waals surface area contributed by atoms with Crippen molar-refractivity contribution in [3.63, 3.8) is 0 Å². The molecule has 1 aliphatic heterocycles. The van der Waals surface area contributed by atoms with E-state index in [-0.39, 0.29) is 23.0 Å². The van der Waals surface area contributed by atoms with Crippen LogP contribution in [-0.4, -0.2) is 34.9 Å². The van der Waals surface area contributed by atoms with E-state index in [1.54, 1.807) is 6.07 Å². The molecule has 1 aromatic rings. The van der Waals surface area contributed by atoms with Gasteiger partial charge in [0.15, 0.2) is 5.78 Å². The van der Waals surface area contributed by atoms with Crippen molar-refractivity contribution in [2.45, 2.75) is 44.6 Å². The molecule has 0 spiro atoms. The van der Waals surface area contributed by atoms with Gasteiger partial charge in [0.05, 0.1) is 6.04 Å². The number of phenolic OH excluding ortho intramolecular Hbond substituents is 1. The standard InChI is InChI=1S/C18H23NO2/c1-11-16-17(21)14-6-5-13(20)9-15(14)18(11,2)7-8-19(16)10-12-3-4-12/h5-6,9,11-12,16,20H,3-4,7-8,10H2,1-2H3/t11-,16?,18-/m0/s1. The first-order valence-electron chi connectivity index (χ1n) is 8.12. The highest BCUT2D eigenvalue weighted by molar-refractivity contribution is 6.03. The Morgan fingerprint density at radius 1 is 1.38 bits per heavy atom. The summed E-state index contributed by atoms with van der Waals surface area (Å²) in [5, 5.41) is 9.83. The minimum absolute atomic E-state index is 0.00665. The van der Waals surface area contributed by atoms with Crippen molar-refractivity contribution in [1.82, 2.24) is 4.90 Å². The van der Waals surface area contributed by atoms with Gasteiger partial charge in [-0.15, -0.1) is 0 Å². The van der Waals surface area contributed by atoms with E-state index in [0.29, 0.717) is 5.92 Å². The van der Waals surface area contributed by atoms with Crippen LogP contribution in [0.2, 0.25) is 0 Å². The Hall–Kier alpha value is -1.35. The summed E-state index contributed by atoms with van der Waals surface area (Å²) in [6.45, 7) is 6.57. The number of ketones is 1. The number of likely N-dealkylation sites (tertiary alicyclic amines) is 1. The lowest BCUT2D eigenvalue weighted by Crippen LogP contribution is -2.61. The third-order valence-electron chi connectivity index (χ3n) is 6.13. The summed E-state index contributed by atoms with van der Waals surface area (Å²) in [4.78, 5) is 15.4. The van der Waals surface area contributed by atoms with Crippen LogP contribution in [0.1, 0.15) is 49.0 Å². The van der Waals surface area contributed by atoms with Crippen molar-refractivity contribution in [3.05, 3.63) is 29.3 Å². The van der Waals surface area contributed by atoms with Gasteiger partial charge in [-0.1, -0.05) is 13.8 Å². The number of fused-ring (bicyclic) bond motifs is 4. The van der Waals surface area contributed by atoms with Gasteiger partial charge in [0.2, 0.25) is 0 Å². The predicted octanol–water partition coefficient (Wildman–Crippen LogP) is 2.97. The number of aromatic hydroxyl groups is 1. The number of benzene rings is 1. The van der Waals surface area contributed by atoms with Crippen LogP contribution in [0.15, 0.2) is 18.2 Å². The molecule has 3 heteroatoms. The maximum atomic E-state index is 13.0. The zero-order valence-electron chi connectivity index (χ0n) is 12.8. The average Bonchev–Trinajstić information content (AvgIpc) is 3.25. The monoisotopic (exact) mass is 285 g/mol. The molecule has 1 N–H and O–H groups in total. The highest BCUT2D eigenvalue weighted by Crippen LogP contribution is 2.49. The molecule has 3 atom stereocenters. The van der Waals surface area contributed by atoms with Gasteiger partial charge in [0.1, 0.15) is 5.75 Å². The van der Waals surface area contributed by atoms with Crippen LogP contribution in [0.4, 0.5) is 0 Å². The van der Waals surface area contributed by atoms with Gasteiger partial charge < -0.3 is 5.11 Å². The Morgan fingerprint density at radius 3 is 2.86 bits per heavy atom. The molecule has 2 fully saturated rings.